The Bertz CT molecular complexity index is 479. The molecule has 2 rings (SSSR count). The molecule has 0 fully saturated rings. The van der Waals surface area contributed by atoms with Crippen LogP contribution >= 0.6 is 11.3 Å². The molecule has 0 aromatic carbocycles. The van der Waals surface area contributed by atoms with E-state index >= 15 is 0 Å². The molecule has 0 aliphatic rings. The van der Waals surface area contributed by atoms with Gasteiger partial charge in [-0.15, -0.1) is 11.3 Å². The second-order valence-corrected chi connectivity index (χ2v) is 5.12. The zero-order valence-electron chi connectivity index (χ0n) is 10.8. The van der Waals surface area contributed by atoms with Crippen LogP contribution < -0.4 is 5.32 Å². The summed E-state index contributed by atoms with van der Waals surface area (Å²) in [5.41, 5.74) is 3.60. The predicted octanol–water partition coefficient (Wildman–Crippen LogP) is 3.22. The number of aryl methyl sites for hydroxylation is 2. The van der Waals surface area contributed by atoms with Gasteiger partial charge in [-0.25, -0.2) is 4.98 Å². The third-order valence-corrected chi connectivity index (χ3v) is 3.77. The molecule has 1 atom stereocenters. The van der Waals surface area contributed by atoms with Gasteiger partial charge >= 0.3 is 0 Å². The van der Waals surface area contributed by atoms with Crippen LogP contribution in [0, 0.1) is 13.8 Å². The molecule has 0 bridgehead atoms. The second kappa shape index (κ2) is 5.02. The van der Waals surface area contributed by atoms with Crippen LogP contribution in [0.1, 0.15) is 37.0 Å². The zero-order chi connectivity index (χ0) is 12.4. The third kappa shape index (κ3) is 2.42. The monoisotopic (exact) mass is 249 g/mol. The molecule has 0 saturated carbocycles. The fourth-order valence-electron chi connectivity index (χ4n) is 1.96. The maximum Gasteiger partial charge on any atom is 0.194 e. The van der Waals surface area contributed by atoms with Gasteiger partial charge in [0.2, 0.25) is 0 Å². The van der Waals surface area contributed by atoms with Crippen molar-refractivity contribution in [2.45, 2.75) is 33.7 Å². The second-order valence-electron chi connectivity index (χ2n) is 4.29. The Morgan fingerprint density at radius 1 is 1.35 bits per heavy atom. The van der Waals surface area contributed by atoms with E-state index < -0.39 is 0 Å². The van der Waals surface area contributed by atoms with E-state index in [2.05, 4.69) is 55.1 Å². The van der Waals surface area contributed by atoms with E-state index in [0.29, 0.717) is 6.04 Å². The Labute approximate surface area is 107 Å². The Balaban J connectivity index is 2.30. The molecule has 0 aliphatic carbocycles. The van der Waals surface area contributed by atoms with Crippen molar-refractivity contribution in [2.75, 3.05) is 6.54 Å². The van der Waals surface area contributed by atoms with Crippen LogP contribution in [0.4, 0.5) is 0 Å². The van der Waals surface area contributed by atoms with Gasteiger partial charge in [0.25, 0.3) is 0 Å². The van der Waals surface area contributed by atoms with Crippen molar-refractivity contribution in [1.82, 2.24) is 14.9 Å². The summed E-state index contributed by atoms with van der Waals surface area (Å²) in [6.45, 7) is 9.46. The van der Waals surface area contributed by atoms with Crippen molar-refractivity contribution in [3.05, 3.63) is 34.6 Å². The molecule has 92 valence electrons. The first-order chi connectivity index (χ1) is 8.13. The summed E-state index contributed by atoms with van der Waals surface area (Å²) in [5.74, 6) is 0. The highest BCUT2D eigenvalue weighted by Crippen LogP contribution is 2.23. The Kier molecular flexibility index (Phi) is 3.64. The average Bonchev–Trinajstić information content (AvgIpc) is 2.86. The van der Waals surface area contributed by atoms with E-state index in [1.54, 1.807) is 11.3 Å². The van der Waals surface area contributed by atoms with Gasteiger partial charge in [0.05, 0.1) is 5.69 Å². The van der Waals surface area contributed by atoms with Gasteiger partial charge in [0.15, 0.2) is 5.13 Å². The first-order valence-corrected chi connectivity index (χ1v) is 6.85. The quantitative estimate of drug-likeness (QED) is 0.901. The minimum absolute atomic E-state index is 0.321. The number of thiazole rings is 1. The summed E-state index contributed by atoms with van der Waals surface area (Å²) in [5, 5.41) is 6.58. The fourth-order valence-corrected chi connectivity index (χ4v) is 2.99. The lowest BCUT2D eigenvalue weighted by atomic mass is 10.3. The number of hydrogen-bond donors (Lipinski definition) is 1. The molecule has 0 spiro atoms. The van der Waals surface area contributed by atoms with E-state index in [-0.39, 0.29) is 0 Å². The van der Waals surface area contributed by atoms with Gasteiger partial charge in [-0.2, -0.15) is 0 Å². The molecule has 2 aromatic heterocycles. The van der Waals surface area contributed by atoms with Crippen molar-refractivity contribution in [1.29, 1.82) is 0 Å². The van der Waals surface area contributed by atoms with E-state index in [1.807, 2.05) is 0 Å². The SMILES string of the molecule is CCNC(C)c1csc(-n2c(C)ccc2C)n1. The first-order valence-electron chi connectivity index (χ1n) is 5.97. The lowest BCUT2D eigenvalue weighted by Gasteiger charge is -2.09. The lowest BCUT2D eigenvalue weighted by Crippen LogP contribution is -2.18. The smallest absolute Gasteiger partial charge is 0.194 e. The van der Waals surface area contributed by atoms with Crippen LogP contribution in [0.25, 0.3) is 5.13 Å². The van der Waals surface area contributed by atoms with Crippen LogP contribution in [0.5, 0.6) is 0 Å². The summed E-state index contributed by atoms with van der Waals surface area (Å²) < 4.78 is 2.20. The zero-order valence-corrected chi connectivity index (χ0v) is 11.6. The van der Waals surface area contributed by atoms with Gasteiger partial charge in [0.1, 0.15) is 0 Å². The Hall–Kier alpha value is -1.13. The van der Waals surface area contributed by atoms with Crippen LogP contribution in [0.2, 0.25) is 0 Å². The van der Waals surface area contributed by atoms with Crippen molar-refractivity contribution < 1.29 is 0 Å². The van der Waals surface area contributed by atoms with Crippen molar-refractivity contribution in [3.8, 4) is 5.13 Å². The highest BCUT2D eigenvalue weighted by atomic mass is 32.1. The number of nitrogens with one attached hydrogen (secondary N) is 1. The molecule has 0 amide bonds. The highest BCUT2D eigenvalue weighted by Gasteiger charge is 2.12. The van der Waals surface area contributed by atoms with E-state index in [0.717, 1.165) is 17.4 Å². The minimum atomic E-state index is 0.321. The summed E-state index contributed by atoms with van der Waals surface area (Å²) in [6, 6.07) is 4.58. The number of aromatic nitrogens is 2. The molecular weight excluding hydrogens is 230 g/mol. The maximum atomic E-state index is 4.71. The normalized spacial score (nSPS) is 12.9. The largest absolute Gasteiger partial charge is 0.309 e. The molecule has 2 heterocycles. The Morgan fingerprint density at radius 3 is 2.59 bits per heavy atom. The first kappa shape index (κ1) is 12.3. The summed E-state index contributed by atoms with van der Waals surface area (Å²) >= 11 is 1.70. The number of hydrogen-bond acceptors (Lipinski definition) is 3. The molecule has 0 aliphatic heterocycles. The molecule has 1 N–H and O–H groups in total. The molecule has 1 unspecified atom stereocenters. The van der Waals surface area contributed by atoms with E-state index in [1.165, 1.54) is 11.4 Å². The standard InChI is InChI=1S/C13H19N3S/c1-5-14-11(4)12-8-17-13(15-12)16-9(2)6-7-10(16)3/h6-8,11,14H,5H2,1-4H3. The maximum absolute atomic E-state index is 4.71. The fraction of sp³-hybridized carbons (Fsp3) is 0.462. The van der Waals surface area contributed by atoms with Crippen LogP contribution in [0.15, 0.2) is 17.5 Å². The van der Waals surface area contributed by atoms with Crippen LogP contribution in [-0.2, 0) is 0 Å². The van der Waals surface area contributed by atoms with Gasteiger partial charge in [-0.3, -0.25) is 4.57 Å². The van der Waals surface area contributed by atoms with Crippen molar-refractivity contribution in [3.63, 3.8) is 0 Å². The van der Waals surface area contributed by atoms with Gasteiger partial charge < -0.3 is 5.32 Å². The lowest BCUT2D eigenvalue weighted by molar-refractivity contribution is 0.585. The Morgan fingerprint density at radius 2 is 2.00 bits per heavy atom. The van der Waals surface area contributed by atoms with Crippen LogP contribution in [0.3, 0.4) is 0 Å². The predicted molar refractivity (Wildman–Crippen MR) is 73.0 cm³/mol. The summed E-state index contributed by atoms with van der Waals surface area (Å²) in [7, 11) is 0. The molecule has 3 nitrogen and oxygen atoms in total. The van der Waals surface area contributed by atoms with Gasteiger partial charge in [-0.05, 0) is 39.4 Å². The van der Waals surface area contributed by atoms with E-state index in [4.69, 9.17) is 4.98 Å². The van der Waals surface area contributed by atoms with Crippen LogP contribution in [-0.4, -0.2) is 16.1 Å². The minimum Gasteiger partial charge on any atom is -0.309 e. The van der Waals surface area contributed by atoms with Crippen molar-refractivity contribution >= 4 is 11.3 Å². The number of nitrogens with zero attached hydrogens (tertiary/aromatic N) is 2. The summed E-state index contributed by atoms with van der Waals surface area (Å²) in [4.78, 5) is 4.71. The van der Waals surface area contributed by atoms with Crippen molar-refractivity contribution in [2.24, 2.45) is 0 Å². The molecule has 0 radical (unpaired) electrons. The molecule has 17 heavy (non-hydrogen) atoms. The third-order valence-electron chi connectivity index (χ3n) is 2.93. The highest BCUT2D eigenvalue weighted by molar-refractivity contribution is 7.12. The van der Waals surface area contributed by atoms with E-state index in [9.17, 15) is 0 Å². The molecule has 4 heteroatoms. The average molecular weight is 249 g/mol. The van der Waals surface area contributed by atoms with Gasteiger partial charge in [-0.1, -0.05) is 6.92 Å². The summed E-state index contributed by atoms with van der Waals surface area (Å²) in [6.07, 6.45) is 0. The number of rotatable bonds is 4. The molecule has 2 aromatic rings. The van der Waals surface area contributed by atoms with Gasteiger partial charge in [0, 0.05) is 22.8 Å². The topological polar surface area (TPSA) is 29.9 Å². The molecule has 0 saturated heterocycles. The molecular formula is C13H19N3S.